The van der Waals surface area contributed by atoms with Gasteiger partial charge in [0.1, 0.15) is 0 Å². The van der Waals surface area contributed by atoms with Crippen molar-refractivity contribution in [3.63, 3.8) is 0 Å². The third-order valence-corrected chi connectivity index (χ3v) is 9.61. The van der Waals surface area contributed by atoms with Crippen LogP contribution < -0.4 is 9.80 Å². The van der Waals surface area contributed by atoms with Gasteiger partial charge < -0.3 is 18.9 Å². The summed E-state index contributed by atoms with van der Waals surface area (Å²) in [6.45, 7) is 0. The molecule has 1 aliphatic heterocycles. The van der Waals surface area contributed by atoms with Crippen LogP contribution in [0.4, 0.5) is 34.1 Å². The summed E-state index contributed by atoms with van der Waals surface area (Å²) >= 11 is 0. The largest absolute Gasteiger partial charge is 0.315 e. The van der Waals surface area contributed by atoms with Gasteiger partial charge in [-0.2, -0.15) is 0 Å². The van der Waals surface area contributed by atoms with E-state index in [2.05, 4.69) is 201 Å². The number of benzene rings is 7. The standard InChI is InChI=1S/C44H30N4/c1-3-14-32(15-4-1)46-39-22-9-11-24-41(39)47(42-25-12-10-23-40(42)46)35-19-13-18-34(30-35)45-29-28-31-26-27-37-36-20-7-8-21-38(36)48(44(37)43(31)45)33-16-5-2-6-17-33/h1-30H. The minimum atomic E-state index is 1.11. The van der Waals surface area contributed by atoms with Crippen molar-refractivity contribution in [2.24, 2.45) is 0 Å². The normalized spacial score (nSPS) is 12.5. The lowest BCUT2D eigenvalue weighted by Crippen LogP contribution is -2.23. The number of nitrogens with zero attached hydrogens (tertiary/aromatic N) is 4. The molecule has 0 radical (unpaired) electrons. The van der Waals surface area contributed by atoms with Gasteiger partial charge in [-0.15, -0.1) is 0 Å². The van der Waals surface area contributed by atoms with Gasteiger partial charge in [0.25, 0.3) is 0 Å². The van der Waals surface area contributed by atoms with Crippen molar-refractivity contribution in [3.8, 4) is 11.4 Å². The molecule has 0 spiro atoms. The maximum atomic E-state index is 2.42. The first kappa shape index (κ1) is 26.7. The Kier molecular flexibility index (Phi) is 5.84. The van der Waals surface area contributed by atoms with Crippen LogP contribution >= 0.6 is 0 Å². The van der Waals surface area contributed by atoms with Crippen LogP contribution in [0.15, 0.2) is 182 Å². The van der Waals surface area contributed by atoms with E-state index in [1.165, 1.54) is 32.7 Å². The number of rotatable bonds is 4. The molecule has 2 aromatic heterocycles. The molecule has 4 heteroatoms. The Morgan fingerprint density at radius 3 is 1.56 bits per heavy atom. The number of fused-ring (bicyclic) bond motifs is 7. The minimum Gasteiger partial charge on any atom is -0.315 e. The lowest BCUT2D eigenvalue weighted by atomic mass is 10.0. The van der Waals surface area contributed by atoms with Crippen molar-refractivity contribution in [1.29, 1.82) is 0 Å². The first-order valence-electron chi connectivity index (χ1n) is 16.4. The average molecular weight is 615 g/mol. The fourth-order valence-electron chi connectivity index (χ4n) is 7.59. The summed E-state index contributed by atoms with van der Waals surface area (Å²) in [5.41, 5.74) is 12.7. The summed E-state index contributed by atoms with van der Waals surface area (Å²) < 4.78 is 4.78. The maximum Gasteiger partial charge on any atom is 0.0788 e. The first-order valence-corrected chi connectivity index (χ1v) is 16.4. The van der Waals surface area contributed by atoms with E-state index < -0.39 is 0 Å². The van der Waals surface area contributed by atoms with Crippen molar-refractivity contribution in [2.45, 2.75) is 0 Å². The molecule has 0 saturated carbocycles. The predicted molar refractivity (Wildman–Crippen MR) is 201 cm³/mol. The van der Waals surface area contributed by atoms with Crippen molar-refractivity contribution >= 4 is 66.8 Å². The molecule has 226 valence electrons. The molecule has 0 N–H and O–H groups in total. The van der Waals surface area contributed by atoms with Crippen LogP contribution in [0.5, 0.6) is 0 Å². The summed E-state index contributed by atoms with van der Waals surface area (Å²) in [5, 5.41) is 3.71. The van der Waals surface area contributed by atoms with Gasteiger partial charge in [-0.3, -0.25) is 0 Å². The van der Waals surface area contributed by atoms with Gasteiger partial charge in [0, 0.05) is 45.1 Å². The van der Waals surface area contributed by atoms with E-state index in [-0.39, 0.29) is 0 Å². The summed E-state index contributed by atoms with van der Waals surface area (Å²) in [6.07, 6.45) is 2.21. The number of para-hydroxylation sites is 7. The Balaban J connectivity index is 1.20. The number of anilines is 6. The highest BCUT2D eigenvalue weighted by atomic mass is 15.3. The second-order valence-electron chi connectivity index (χ2n) is 12.3. The van der Waals surface area contributed by atoms with Crippen LogP contribution in [-0.2, 0) is 0 Å². The molecule has 48 heavy (non-hydrogen) atoms. The number of hydrogen-bond donors (Lipinski definition) is 0. The summed E-state index contributed by atoms with van der Waals surface area (Å²) in [7, 11) is 0. The monoisotopic (exact) mass is 614 g/mol. The molecule has 0 bridgehead atoms. The summed E-state index contributed by atoms with van der Waals surface area (Å²) in [4.78, 5) is 4.76. The van der Waals surface area contributed by atoms with Crippen molar-refractivity contribution in [2.75, 3.05) is 9.80 Å². The molecule has 0 fully saturated rings. The highest BCUT2D eigenvalue weighted by Crippen LogP contribution is 2.54. The smallest absolute Gasteiger partial charge is 0.0788 e. The first-order chi connectivity index (χ1) is 23.8. The van der Waals surface area contributed by atoms with E-state index in [1.807, 2.05) is 0 Å². The predicted octanol–water partition coefficient (Wildman–Crippen LogP) is 12.0. The summed E-state index contributed by atoms with van der Waals surface area (Å²) in [6, 6.07) is 63.2. The second kappa shape index (κ2) is 10.5. The second-order valence-corrected chi connectivity index (χ2v) is 12.3. The Labute approximate surface area is 278 Å². The highest BCUT2D eigenvalue weighted by molar-refractivity contribution is 6.18. The summed E-state index contributed by atoms with van der Waals surface area (Å²) in [5.74, 6) is 0. The van der Waals surface area contributed by atoms with Gasteiger partial charge in [0.2, 0.25) is 0 Å². The SMILES string of the molecule is c1ccc(N2c3ccccc3N(c3cccc(-n4ccc5ccc6c7ccccc7n(-c7ccccc7)c6c54)c3)c3ccccc32)cc1. The number of aromatic nitrogens is 2. The molecule has 9 aromatic rings. The molecule has 7 aromatic carbocycles. The molecule has 10 rings (SSSR count). The van der Waals surface area contributed by atoms with E-state index in [9.17, 15) is 0 Å². The lowest BCUT2D eigenvalue weighted by molar-refractivity contribution is 1.11. The lowest BCUT2D eigenvalue weighted by Gasteiger charge is -2.40. The average Bonchev–Trinajstić information content (AvgIpc) is 3.74. The van der Waals surface area contributed by atoms with Crippen LogP contribution in [0.25, 0.3) is 44.1 Å². The Hall–Kier alpha value is -6.52. The minimum absolute atomic E-state index is 1.11. The topological polar surface area (TPSA) is 16.3 Å². The Bertz CT molecular complexity index is 2580. The molecule has 3 heterocycles. The molecule has 0 amide bonds. The van der Waals surface area contributed by atoms with Gasteiger partial charge in [-0.1, -0.05) is 97.1 Å². The highest BCUT2D eigenvalue weighted by Gasteiger charge is 2.30. The van der Waals surface area contributed by atoms with Gasteiger partial charge >= 0.3 is 0 Å². The molecule has 0 unspecified atom stereocenters. The van der Waals surface area contributed by atoms with Crippen LogP contribution in [0, 0.1) is 0 Å². The zero-order chi connectivity index (χ0) is 31.6. The van der Waals surface area contributed by atoms with E-state index in [4.69, 9.17) is 0 Å². The molecular formula is C44H30N4. The zero-order valence-electron chi connectivity index (χ0n) is 26.1. The van der Waals surface area contributed by atoms with Crippen LogP contribution in [0.1, 0.15) is 0 Å². The van der Waals surface area contributed by atoms with Gasteiger partial charge in [0.15, 0.2) is 0 Å². The van der Waals surface area contributed by atoms with Gasteiger partial charge in [-0.05, 0) is 78.9 Å². The van der Waals surface area contributed by atoms with Crippen LogP contribution in [0.3, 0.4) is 0 Å². The third-order valence-electron chi connectivity index (χ3n) is 9.61. The van der Waals surface area contributed by atoms with E-state index in [0.717, 1.165) is 45.5 Å². The Morgan fingerprint density at radius 2 is 0.875 bits per heavy atom. The van der Waals surface area contributed by atoms with E-state index in [1.54, 1.807) is 0 Å². The van der Waals surface area contributed by atoms with Crippen molar-refractivity contribution < 1.29 is 0 Å². The molecule has 0 atom stereocenters. The fourth-order valence-corrected chi connectivity index (χ4v) is 7.59. The molecular weight excluding hydrogens is 585 g/mol. The third kappa shape index (κ3) is 3.90. The van der Waals surface area contributed by atoms with E-state index >= 15 is 0 Å². The fraction of sp³-hybridized carbons (Fsp3) is 0. The quantitative estimate of drug-likeness (QED) is 0.196. The molecule has 0 saturated heterocycles. The number of hydrogen-bond acceptors (Lipinski definition) is 2. The maximum absolute atomic E-state index is 2.42. The van der Waals surface area contributed by atoms with Crippen LogP contribution in [0.2, 0.25) is 0 Å². The van der Waals surface area contributed by atoms with Gasteiger partial charge in [-0.25, -0.2) is 0 Å². The zero-order valence-corrected chi connectivity index (χ0v) is 26.1. The van der Waals surface area contributed by atoms with Crippen molar-refractivity contribution in [3.05, 3.63) is 182 Å². The molecule has 4 nitrogen and oxygen atoms in total. The Morgan fingerprint density at radius 1 is 0.333 bits per heavy atom. The molecule has 1 aliphatic rings. The van der Waals surface area contributed by atoms with E-state index in [0.29, 0.717) is 0 Å². The van der Waals surface area contributed by atoms with Crippen LogP contribution in [-0.4, -0.2) is 9.13 Å². The van der Waals surface area contributed by atoms with Gasteiger partial charge in [0.05, 0.1) is 39.3 Å². The van der Waals surface area contributed by atoms with Crippen molar-refractivity contribution in [1.82, 2.24) is 9.13 Å². The molecule has 0 aliphatic carbocycles.